The number of piperidine rings is 3. The predicted molar refractivity (Wildman–Crippen MR) is 125 cm³/mol. The van der Waals surface area contributed by atoms with Crippen molar-refractivity contribution in [2.75, 3.05) is 20.2 Å². The van der Waals surface area contributed by atoms with Gasteiger partial charge in [-0.1, -0.05) is 24.3 Å². The van der Waals surface area contributed by atoms with Crippen LogP contribution >= 0.6 is 0 Å². The Labute approximate surface area is 188 Å². The lowest BCUT2D eigenvalue weighted by atomic mass is 9.73. The summed E-state index contributed by atoms with van der Waals surface area (Å²) in [6.45, 7) is 6.04. The first-order valence-corrected chi connectivity index (χ1v) is 11.2. The maximum absolute atomic E-state index is 13.2. The van der Waals surface area contributed by atoms with Crippen LogP contribution in [0.2, 0.25) is 0 Å². The third-order valence-electron chi connectivity index (χ3n) is 7.05. The first-order valence-electron chi connectivity index (χ1n) is 11.2. The Balaban J connectivity index is 1.52. The largest absolute Gasteiger partial charge is 0.497 e. The third kappa shape index (κ3) is 3.78. The Morgan fingerprint density at radius 2 is 2.00 bits per heavy atom. The normalized spacial score (nSPS) is 25.3. The van der Waals surface area contributed by atoms with Crippen LogP contribution in [0, 0.1) is 11.8 Å². The van der Waals surface area contributed by atoms with Crippen LogP contribution in [0.4, 0.5) is 0 Å². The lowest BCUT2D eigenvalue weighted by Gasteiger charge is -2.51. The second kappa shape index (κ2) is 8.75. The molecule has 0 spiro atoms. The molecule has 2 bridgehead atoms. The highest BCUT2D eigenvalue weighted by molar-refractivity contribution is 5.90. The monoisotopic (exact) mass is 428 g/mol. The van der Waals surface area contributed by atoms with Crippen LogP contribution in [0.1, 0.15) is 34.9 Å². The predicted octanol–water partition coefficient (Wildman–Crippen LogP) is 5.04. The molecule has 0 radical (unpaired) electrons. The van der Waals surface area contributed by atoms with E-state index in [9.17, 15) is 4.79 Å². The van der Waals surface area contributed by atoms with Crippen LogP contribution in [0.25, 0.3) is 10.9 Å². The molecular weight excluding hydrogens is 400 g/mol. The van der Waals surface area contributed by atoms with Gasteiger partial charge in [-0.05, 0) is 67.6 Å². The molecule has 3 aliphatic rings. The van der Waals surface area contributed by atoms with Crippen LogP contribution in [0.5, 0.6) is 5.75 Å². The third-order valence-corrected chi connectivity index (χ3v) is 7.05. The van der Waals surface area contributed by atoms with Gasteiger partial charge in [-0.15, -0.1) is 6.58 Å². The molecule has 5 nitrogen and oxygen atoms in total. The van der Waals surface area contributed by atoms with E-state index in [-0.39, 0.29) is 18.1 Å². The maximum Gasteiger partial charge on any atom is 0.338 e. The molecule has 5 atom stereocenters. The van der Waals surface area contributed by atoms with Crippen molar-refractivity contribution in [3.63, 3.8) is 0 Å². The molecule has 0 aliphatic carbocycles. The minimum atomic E-state index is -0.369. The van der Waals surface area contributed by atoms with Crippen molar-refractivity contribution in [3.05, 3.63) is 84.6 Å². The lowest BCUT2D eigenvalue weighted by molar-refractivity contribution is -0.0568. The van der Waals surface area contributed by atoms with E-state index in [2.05, 4.69) is 28.6 Å². The number of hydrogen-bond donors (Lipinski definition) is 0. The summed E-state index contributed by atoms with van der Waals surface area (Å²) in [5, 5.41) is 1.03. The fourth-order valence-electron chi connectivity index (χ4n) is 5.32. The Morgan fingerprint density at radius 3 is 2.72 bits per heavy atom. The van der Waals surface area contributed by atoms with E-state index < -0.39 is 0 Å². The van der Waals surface area contributed by atoms with Gasteiger partial charge in [0, 0.05) is 23.7 Å². The molecule has 3 fully saturated rings. The minimum absolute atomic E-state index is 0.137. The number of benzene rings is 2. The molecule has 0 amide bonds. The molecule has 5 heteroatoms. The van der Waals surface area contributed by atoms with Crippen molar-refractivity contribution in [1.82, 2.24) is 9.88 Å². The van der Waals surface area contributed by atoms with Gasteiger partial charge in [0.25, 0.3) is 0 Å². The van der Waals surface area contributed by atoms with Crippen molar-refractivity contribution in [3.8, 4) is 5.75 Å². The van der Waals surface area contributed by atoms with Crippen LogP contribution in [-0.4, -0.2) is 42.1 Å². The fourth-order valence-corrected chi connectivity index (χ4v) is 5.32. The van der Waals surface area contributed by atoms with Gasteiger partial charge in [0.15, 0.2) is 0 Å². The van der Waals surface area contributed by atoms with Crippen LogP contribution in [0.3, 0.4) is 0 Å². The van der Waals surface area contributed by atoms with Crippen LogP contribution in [-0.2, 0) is 4.74 Å². The Hall–Kier alpha value is -3.18. The van der Waals surface area contributed by atoms with Gasteiger partial charge in [-0.3, -0.25) is 9.88 Å². The summed E-state index contributed by atoms with van der Waals surface area (Å²) in [5.74, 6) is 1.48. The van der Waals surface area contributed by atoms with Crippen molar-refractivity contribution >= 4 is 16.9 Å². The molecule has 2 aromatic carbocycles. The molecule has 4 heterocycles. The summed E-state index contributed by atoms with van der Waals surface area (Å²) in [7, 11) is 1.61. The van der Waals surface area contributed by atoms with Gasteiger partial charge in [-0.25, -0.2) is 4.79 Å². The Bertz CT molecular complexity index is 1120. The summed E-state index contributed by atoms with van der Waals surface area (Å²) in [5.41, 5.74) is 2.45. The van der Waals surface area contributed by atoms with Crippen molar-refractivity contribution in [2.45, 2.75) is 25.0 Å². The fraction of sp³-hybridized carbons (Fsp3) is 0.333. The Kier molecular flexibility index (Phi) is 5.66. The summed E-state index contributed by atoms with van der Waals surface area (Å²) < 4.78 is 11.5. The molecule has 3 aromatic rings. The van der Waals surface area contributed by atoms with Crippen molar-refractivity contribution in [1.29, 1.82) is 0 Å². The molecule has 0 saturated carbocycles. The topological polar surface area (TPSA) is 51.7 Å². The molecule has 32 heavy (non-hydrogen) atoms. The molecule has 6 rings (SSSR count). The van der Waals surface area contributed by atoms with Gasteiger partial charge in [-0.2, -0.15) is 0 Å². The zero-order chi connectivity index (χ0) is 22.1. The number of hydrogen-bond acceptors (Lipinski definition) is 5. The SMILES string of the molecule is C=C[C@@H]1CN2CC[C@H]1C[C@H]2[C@@H](OC(=O)c1ccc(OC)cc1)c1ccnc2ccccc12. The van der Waals surface area contributed by atoms with E-state index in [1.165, 1.54) is 6.42 Å². The van der Waals surface area contributed by atoms with Crippen molar-refractivity contribution < 1.29 is 14.3 Å². The number of aromatic nitrogens is 1. The molecule has 3 aliphatic heterocycles. The number of rotatable bonds is 6. The van der Waals surface area contributed by atoms with E-state index in [0.29, 0.717) is 23.1 Å². The summed E-state index contributed by atoms with van der Waals surface area (Å²) in [4.78, 5) is 20.2. The Morgan fingerprint density at radius 1 is 1.19 bits per heavy atom. The number of carbonyl (C=O) groups is 1. The zero-order valence-corrected chi connectivity index (χ0v) is 18.3. The summed E-state index contributed by atoms with van der Waals surface area (Å²) >= 11 is 0. The van der Waals surface area contributed by atoms with Gasteiger partial charge in [0.2, 0.25) is 0 Å². The molecule has 3 saturated heterocycles. The van der Waals surface area contributed by atoms with Gasteiger partial charge >= 0.3 is 5.97 Å². The lowest BCUT2D eigenvalue weighted by Crippen LogP contribution is -2.55. The number of para-hydroxylation sites is 1. The smallest absolute Gasteiger partial charge is 0.338 e. The average Bonchev–Trinajstić information content (AvgIpc) is 2.87. The molecular formula is C27H28N2O3. The number of esters is 1. The molecule has 164 valence electrons. The van der Waals surface area contributed by atoms with Gasteiger partial charge < -0.3 is 9.47 Å². The van der Waals surface area contributed by atoms with E-state index in [1.54, 1.807) is 31.4 Å². The van der Waals surface area contributed by atoms with Crippen molar-refractivity contribution in [2.24, 2.45) is 11.8 Å². The van der Waals surface area contributed by atoms with Gasteiger partial charge in [0.05, 0.1) is 24.2 Å². The quantitative estimate of drug-likeness (QED) is 0.407. The number of nitrogens with zero attached hydrogens (tertiary/aromatic N) is 2. The average molecular weight is 429 g/mol. The maximum atomic E-state index is 13.2. The second-order valence-electron chi connectivity index (χ2n) is 8.72. The number of fused-ring (bicyclic) bond motifs is 4. The number of carbonyl (C=O) groups excluding carboxylic acids is 1. The highest BCUT2D eigenvalue weighted by atomic mass is 16.5. The van der Waals surface area contributed by atoms with E-state index in [0.717, 1.165) is 36.0 Å². The van der Waals surface area contributed by atoms with E-state index in [1.807, 2.05) is 30.5 Å². The van der Waals surface area contributed by atoms with Gasteiger partial charge in [0.1, 0.15) is 11.9 Å². The summed E-state index contributed by atoms with van der Waals surface area (Å²) in [6, 6.07) is 17.3. The first-order chi connectivity index (χ1) is 15.7. The second-order valence-corrected chi connectivity index (χ2v) is 8.72. The first kappa shape index (κ1) is 20.7. The highest BCUT2D eigenvalue weighted by Crippen LogP contribution is 2.43. The van der Waals surface area contributed by atoms with Crippen LogP contribution in [0.15, 0.2) is 73.4 Å². The molecule has 0 N–H and O–H groups in total. The van der Waals surface area contributed by atoms with E-state index in [4.69, 9.17) is 9.47 Å². The number of methoxy groups -OCH3 is 1. The van der Waals surface area contributed by atoms with Crippen LogP contribution < -0.4 is 4.74 Å². The number of ether oxygens (including phenoxy) is 2. The molecule has 1 unspecified atom stereocenters. The highest BCUT2D eigenvalue weighted by Gasteiger charge is 2.44. The zero-order valence-electron chi connectivity index (χ0n) is 18.3. The van der Waals surface area contributed by atoms with E-state index >= 15 is 0 Å². The molecule has 1 aromatic heterocycles. The minimum Gasteiger partial charge on any atom is -0.497 e. The summed E-state index contributed by atoms with van der Waals surface area (Å²) in [6.07, 6.45) is 5.70. The standard InChI is InChI=1S/C27H28N2O3/c1-3-18-17-29-15-13-20(18)16-25(29)26(23-12-14-28-24-7-5-4-6-22(23)24)32-27(30)19-8-10-21(31-2)11-9-19/h3-12,14,18,20,25-26H,1,13,15-17H2,2H3/t18-,20+,25+,26+/m1/s1. The number of pyridine rings is 1.